The molecular weight excluding hydrogens is 178 g/mol. The van der Waals surface area contributed by atoms with Crippen LogP contribution in [-0.4, -0.2) is 23.6 Å². The van der Waals surface area contributed by atoms with Crippen LogP contribution in [0.2, 0.25) is 0 Å². The van der Waals surface area contributed by atoms with Gasteiger partial charge in [0.2, 0.25) is 5.91 Å². The highest BCUT2D eigenvalue weighted by molar-refractivity contribution is 5.83. The van der Waals surface area contributed by atoms with E-state index in [1.165, 1.54) is 5.06 Å². The van der Waals surface area contributed by atoms with E-state index in [1.54, 1.807) is 0 Å². The topological polar surface area (TPSA) is 29.5 Å². The molecule has 0 bridgehead atoms. The molecule has 1 aliphatic rings. The number of hydroxylamine groups is 2. The highest BCUT2D eigenvalue weighted by Crippen LogP contribution is 2.24. The van der Waals surface area contributed by atoms with E-state index in [0.717, 1.165) is 18.4 Å². The van der Waals surface area contributed by atoms with E-state index in [9.17, 15) is 4.79 Å². The van der Waals surface area contributed by atoms with Gasteiger partial charge in [-0.2, -0.15) is 0 Å². The van der Waals surface area contributed by atoms with Crippen LogP contribution in [-0.2, 0) is 9.63 Å². The molecule has 1 atom stereocenters. The van der Waals surface area contributed by atoms with Crippen molar-refractivity contribution in [3.63, 3.8) is 0 Å². The molecule has 0 spiro atoms. The van der Waals surface area contributed by atoms with Crippen molar-refractivity contribution < 1.29 is 9.63 Å². The van der Waals surface area contributed by atoms with Crippen LogP contribution in [0.3, 0.4) is 0 Å². The Morgan fingerprint density at radius 3 is 3.00 bits per heavy atom. The molecule has 14 heavy (non-hydrogen) atoms. The van der Waals surface area contributed by atoms with Crippen molar-refractivity contribution in [3.05, 3.63) is 24.8 Å². The van der Waals surface area contributed by atoms with E-state index in [1.807, 2.05) is 13.0 Å². The summed E-state index contributed by atoms with van der Waals surface area (Å²) < 4.78 is 0. The Hall–Kier alpha value is -1.09. The molecule has 3 nitrogen and oxygen atoms in total. The van der Waals surface area contributed by atoms with Crippen LogP contribution in [0.1, 0.15) is 26.2 Å². The number of hydrogen-bond acceptors (Lipinski definition) is 2. The number of rotatable bonds is 6. The highest BCUT2D eigenvalue weighted by Gasteiger charge is 2.37. The molecule has 0 radical (unpaired) electrons. The monoisotopic (exact) mass is 195 g/mol. The minimum atomic E-state index is 0.0524. The SMILES string of the molecule is C=CCCCON1C(=O)C[C@H]1C(=C)C. The fourth-order valence-electron chi connectivity index (χ4n) is 1.33. The molecule has 1 heterocycles. The fourth-order valence-corrected chi connectivity index (χ4v) is 1.33. The molecule has 0 aliphatic carbocycles. The quantitative estimate of drug-likeness (QED) is 0.369. The van der Waals surface area contributed by atoms with Crippen molar-refractivity contribution in [2.75, 3.05) is 6.61 Å². The molecule has 1 aliphatic heterocycles. The van der Waals surface area contributed by atoms with Crippen LogP contribution in [0.25, 0.3) is 0 Å². The van der Waals surface area contributed by atoms with Crippen LogP contribution >= 0.6 is 0 Å². The van der Waals surface area contributed by atoms with Gasteiger partial charge in [0.1, 0.15) is 0 Å². The van der Waals surface area contributed by atoms with E-state index in [-0.39, 0.29) is 11.9 Å². The molecule has 1 fully saturated rings. The van der Waals surface area contributed by atoms with Crippen molar-refractivity contribution in [2.24, 2.45) is 0 Å². The lowest BCUT2D eigenvalue weighted by molar-refractivity contribution is -0.222. The van der Waals surface area contributed by atoms with Gasteiger partial charge in [0, 0.05) is 0 Å². The summed E-state index contributed by atoms with van der Waals surface area (Å²) in [6.07, 6.45) is 4.20. The lowest BCUT2D eigenvalue weighted by Crippen LogP contribution is -2.52. The van der Waals surface area contributed by atoms with Gasteiger partial charge in [0.25, 0.3) is 0 Å². The largest absolute Gasteiger partial charge is 0.272 e. The molecule has 0 saturated carbocycles. The maximum atomic E-state index is 11.1. The van der Waals surface area contributed by atoms with Crippen LogP contribution in [0.5, 0.6) is 0 Å². The minimum absolute atomic E-state index is 0.0524. The number of amides is 1. The summed E-state index contributed by atoms with van der Waals surface area (Å²) in [6.45, 7) is 9.92. The summed E-state index contributed by atoms with van der Waals surface area (Å²) in [5, 5.41) is 1.44. The van der Waals surface area contributed by atoms with Gasteiger partial charge >= 0.3 is 0 Å². The van der Waals surface area contributed by atoms with E-state index >= 15 is 0 Å². The van der Waals surface area contributed by atoms with Crippen LogP contribution in [0.15, 0.2) is 24.8 Å². The summed E-state index contributed by atoms with van der Waals surface area (Å²) in [4.78, 5) is 16.5. The Balaban J connectivity index is 2.25. The third kappa shape index (κ3) is 2.45. The number of unbranched alkanes of at least 4 members (excludes halogenated alkanes) is 1. The number of allylic oxidation sites excluding steroid dienone is 1. The number of hydrogen-bond donors (Lipinski definition) is 0. The predicted molar refractivity (Wildman–Crippen MR) is 55.4 cm³/mol. The van der Waals surface area contributed by atoms with E-state index in [2.05, 4.69) is 13.2 Å². The summed E-state index contributed by atoms with van der Waals surface area (Å²) >= 11 is 0. The molecule has 3 heteroatoms. The van der Waals surface area contributed by atoms with Crippen molar-refractivity contribution in [3.8, 4) is 0 Å². The zero-order valence-corrected chi connectivity index (χ0v) is 8.66. The van der Waals surface area contributed by atoms with Gasteiger partial charge in [0.05, 0.1) is 19.1 Å². The average Bonchev–Trinajstić information content (AvgIpc) is 2.13. The molecule has 1 rings (SSSR count). The maximum absolute atomic E-state index is 11.1. The van der Waals surface area contributed by atoms with Crippen LogP contribution < -0.4 is 0 Å². The zero-order chi connectivity index (χ0) is 10.6. The van der Waals surface area contributed by atoms with E-state index in [0.29, 0.717) is 13.0 Å². The van der Waals surface area contributed by atoms with Crippen molar-refractivity contribution in [1.82, 2.24) is 5.06 Å². The molecule has 0 aromatic rings. The van der Waals surface area contributed by atoms with E-state index < -0.39 is 0 Å². The first kappa shape index (κ1) is 11.0. The Kier molecular flexibility index (Phi) is 3.89. The molecule has 1 saturated heterocycles. The van der Waals surface area contributed by atoms with Gasteiger partial charge in [-0.25, -0.2) is 5.06 Å². The molecule has 78 valence electrons. The summed E-state index contributed by atoms with van der Waals surface area (Å²) in [7, 11) is 0. The fraction of sp³-hybridized carbons (Fsp3) is 0.545. The predicted octanol–water partition coefficient (Wildman–Crippen LogP) is 2.06. The first-order chi connectivity index (χ1) is 6.66. The number of nitrogens with zero attached hydrogens (tertiary/aromatic N) is 1. The smallest absolute Gasteiger partial charge is 0.249 e. The van der Waals surface area contributed by atoms with Crippen LogP contribution in [0.4, 0.5) is 0 Å². The Bertz CT molecular complexity index is 248. The first-order valence-corrected chi connectivity index (χ1v) is 4.88. The molecular formula is C11H17NO2. The summed E-state index contributed by atoms with van der Waals surface area (Å²) in [5.41, 5.74) is 0.980. The highest BCUT2D eigenvalue weighted by atomic mass is 16.7. The van der Waals surface area contributed by atoms with Crippen molar-refractivity contribution in [2.45, 2.75) is 32.2 Å². The van der Waals surface area contributed by atoms with Gasteiger partial charge in [-0.3, -0.25) is 9.63 Å². The van der Waals surface area contributed by atoms with Gasteiger partial charge in [0.15, 0.2) is 0 Å². The van der Waals surface area contributed by atoms with Gasteiger partial charge in [-0.05, 0) is 19.8 Å². The normalized spacial score (nSPS) is 20.5. The Morgan fingerprint density at radius 1 is 1.79 bits per heavy atom. The van der Waals surface area contributed by atoms with E-state index in [4.69, 9.17) is 4.84 Å². The Labute approximate surface area is 85.0 Å². The van der Waals surface area contributed by atoms with Gasteiger partial charge < -0.3 is 0 Å². The molecule has 1 amide bonds. The average molecular weight is 195 g/mol. The second-order valence-electron chi connectivity index (χ2n) is 3.55. The molecule has 0 aromatic carbocycles. The third-order valence-corrected chi connectivity index (χ3v) is 2.25. The summed E-state index contributed by atoms with van der Waals surface area (Å²) in [5.74, 6) is 0.0524. The van der Waals surface area contributed by atoms with Crippen molar-refractivity contribution >= 4 is 5.91 Å². The third-order valence-electron chi connectivity index (χ3n) is 2.25. The molecule has 0 N–H and O–H groups in total. The minimum Gasteiger partial charge on any atom is -0.272 e. The number of β-lactam (4-membered cyclic amide) rings is 1. The lowest BCUT2D eigenvalue weighted by Gasteiger charge is -2.39. The maximum Gasteiger partial charge on any atom is 0.249 e. The van der Waals surface area contributed by atoms with Crippen molar-refractivity contribution in [1.29, 1.82) is 0 Å². The summed E-state index contributed by atoms with van der Waals surface area (Å²) in [6, 6.07) is 0.0891. The molecule has 0 unspecified atom stereocenters. The second-order valence-corrected chi connectivity index (χ2v) is 3.55. The lowest BCUT2D eigenvalue weighted by atomic mass is 9.99. The Morgan fingerprint density at radius 2 is 2.50 bits per heavy atom. The molecule has 0 aromatic heterocycles. The number of carbonyl (C=O) groups excluding carboxylic acids is 1. The zero-order valence-electron chi connectivity index (χ0n) is 8.66. The van der Waals surface area contributed by atoms with Gasteiger partial charge in [-0.1, -0.05) is 18.2 Å². The second kappa shape index (κ2) is 4.96. The standard InChI is InChI=1S/C11H17NO2/c1-4-5-6-7-14-12-10(9(2)3)8-11(12)13/h4,10H,1-2,5-8H2,3H3/t10-/m0/s1. The van der Waals surface area contributed by atoms with Crippen LogP contribution in [0, 0.1) is 0 Å². The first-order valence-electron chi connectivity index (χ1n) is 4.88. The van der Waals surface area contributed by atoms with Gasteiger partial charge in [-0.15, -0.1) is 6.58 Å². The number of carbonyl (C=O) groups is 1.